The number of esters is 2. The molecule has 1 unspecified atom stereocenters. The number of aliphatic hydroxyl groups is 1. The van der Waals surface area contributed by atoms with Crippen LogP contribution >= 0.6 is 0 Å². The molecule has 0 aliphatic heterocycles. The molecule has 0 spiro atoms. The van der Waals surface area contributed by atoms with Gasteiger partial charge in [-0.25, -0.2) is 4.39 Å². The highest BCUT2D eigenvalue weighted by Gasteiger charge is 2.73. The second-order valence-corrected chi connectivity index (χ2v) is 11.0. The molecule has 0 aromatic carbocycles. The number of allylic oxidation sites excluding steroid dienone is 4. The SMILES string of the molecule is CC(=O)OCC(=O)[C@@]1(OC(C)=O)[C@@H](C)C[C@H]2[C@@H]3C[C@H](F)C4=CC(=O)C=C[C@]4(C)[C@H]3C(O)C[C@@]21C. The minimum absolute atomic E-state index is 0.117. The fourth-order valence-electron chi connectivity index (χ4n) is 8.02. The van der Waals surface area contributed by atoms with Crippen LogP contribution in [0.5, 0.6) is 0 Å². The largest absolute Gasteiger partial charge is 0.458 e. The molecule has 8 heteroatoms. The Bertz CT molecular complexity index is 1000. The summed E-state index contributed by atoms with van der Waals surface area (Å²) in [4.78, 5) is 49.2. The Morgan fingerprint density at radius 3 is 2.47 bits per heavy atom. The van der Waals surface area contributed by atoms with E-state index >= 15 is 4.39 Å². The van der Waals surface area contributed by atoms with Crippen LogP contribution < -0.4 is 0 Å². The van der Waals surface area contributed by atoms with E-state index in [9.17, 15) is 24.3 Å². The van der Waals surface area contributed by atoms with Gasteiger partial charge in [0.05, 0.1) is 6.10 Å². The minimum Gasteiger partial charge on any atom is -0.458 e. The molecule has 0 aromatic rings. The average molecular weight is 477 g/mol. The number of halogens is 1. The van der Waals surface area contributed by atoms with Gasteiger partial charge in [0.25, 0.3) is 0 Å². The first-order valence-corrected chi connectivity index (χ1v) is 11.9. The topological polar surface area (TPSA) is 107 Å². The Hall–Kier alpha value is -2.35. The van der Waals surface area contributed by atoms with Crippen LogP contribution in [0, 0.1) is 34.5 Å². The van der Waals surface area contributed by atoms with Gasteiger partial charge in [-0.05, 0) is 48.8 Å². The van der Waals surface area contributed by atoms with E-state index in [1.54, 1.807) is 6.08 Å². The smallest absolute Gasteiger partial charge is 0.303 e. The molecule has 0 bridgehead atoms. The van der Waals surface area contributed by atoms with Gasteiger partial charge in [0, 0.05) is 36.5 Å². The summed E-state index contributed by atoms with van der Waals surface area (Å²) in [5, 5.41) is 11.5. The van der Waals surface area contributed by atoms with Crippen LogP contribution in [0.3, 0.4) is 0 Å². The number of Topliss-reactive ketones (excluding diaryl/α,β-unsaturated/α-hetero) is 1. The Labute approximate surface area is 198 Å². The van der Waals surface area contributed by atoms with Crippen molar-refractivity contribution in [1.29, 1.82) is 0 Å². The molecule has 0 saturated heterocycles. The molecule has 3 saturated carbocycles. The molecule has 4 aliphatic carbocycles. The van der Waals surface area contributed by atoms with Crippen molar-refractivity contribution in [3.63, 3.8) is 0 Å². The fourth-order valence-corrected chi connectivity index (χ4v) is 8.02. The highest BCUT2D eigenvalue weighted by Crippen LogP contribution is 2.69. The van der Waals surface area contributed by atoms with Crippen LogP contribution in [0.1, 0.15) is 53.9 Å². The zero-order valence-electron chi connectivity index (χ0n) is 20.3. The lowest BCUT2D eigenvalue weighted by atomic mass is 9.46. The Kier molecular flexibility index (Phi) is 5.91. The first-order valence-electron chi connectivity index (χ1n) is 11.9. The van der Waals surface area contributed by atoms with Crippen LogP contribution in [0.15, 0.2) is 23.8 Å². The van der Waals surface area contributed by atoms with Gasteiger partial charge in [0.1, 0.15) is 6.17 Å². The summed E-state index contributed by atoms with van der Waals surface area (Å²) in [6.45, 7) is 7.40. The third-order valence-electron chi connectivity index (χ3n) is 9.14. The number of fused-ring (bicyclic) bond motifs is 5. The molecule has 0 amide bonds. The van der Waals surface area contributed by atoms with E-state index in [1.807, 2.05) is 20.8 Å². The van der Waals surface area contributed by atoms with Crippen LogP contribution in [-0.4, -0.2) is 53.1 Å². The van der Waals surface area contributed by atoms with Crippen molar-refractivity contribution >= 4 is 23.5 Å². The molecule has 0 aromatic heterocycles. The second kappa shape index (κ2) is 8.11. The quantitative estimate of drug-likeness (QED) is 0.622. The molecule has 9 atom stereocenters. The summed E-state index contributed by atoms with van der Waals surface area (Å²) in [7, 11) is 0. The molecule has 0 heterocycles. The van der Waals surface area contributed by atoms with Crippen LogP contribution in [0.2, 0.25) is 0 Å². The molecule has 186 valence electrons. The minimum atomic E-state index is -1.61. The van der Waals surface area contributed by atoms with Gasteiger partial charge < -0.3 is 14.6 Å². The van der Waals surface area contributed by atoms with Gasteiger partial charge in [0.15, 0.2) is 18.0 Å². The van der Waals surface area contributed by atoms with Crippen molar-refractivity contribution in [2.24, 2.45) is 34.5 Å². The van der Waals surface area contributed by atoms with Crippen molar-refractivity contribution < 1.29 is 38.1 Å². The number of hydrogen-bond donors (Lipinski definition) is 1. The van der Waals surface area contributed by atoms with Gasteiger partial charge in [-0.3, -0.25) is 19.2 Å². The van der Waals surface area contributed by atoms with E-state index in [0.717, 1.165) is 0 Å². The predicted octanol–water partition coefficient (Wildman–Crippen LogP) is 2.89. The molecular weight excluding hydrogens is 443 g/mol. The number of rotatable bonds is 4. The van der Waals surface area contributed by atoms with Crippen molar-refractivity contribution in [3.05, 3.63) is 23.8 Å². The highest BCUT2D eigenvalue weighted by atomic mass is 19.1. The van der Waals surface area contributed by atoms with E-state index in [4.69, 9.17) is 9.47 Å². The molecule has 1 N–H and O–H groups in total. The van der Waals surface area contributed by atoms with Crippen LogP contribution in [-0.2, 0) is 28.7 Å². The average Bonchev–Trinajstić information content (AvgIpc) is 2.94. The summed E-state index contributed by atoms with van der Waals surface area (Å²) in [5.74, 6) is -3.35. The maximum Gasteiger partial charge on any atom is 0.303 e. The maximum atomic E-state index is 15.5. The van der Waals surface area contributed by atoms with Crippen molar-refractivity contribution in [2.75, 3.05) is 6.61 Å². The fraction of sp³-hybridized carbons (Fsp3) is 0.692. The molecular formula is C26H33FO7. The van der Waals surface area contributed by atoms with E-state index in [-0.39, 0.29) is 36.4 Å². The zero-order valence-corrected chi connectivity index (χ0v) is 20.3. The lowest BCUT2D eigenvalue weighted by molar-refractivity contribution is -0.206. The predicted molar refractivity (Wildman–Crippen MR) is 119 cm³/mol. The molecule has 4 rings (SSSR count). The van der Waals surface area contributed by atoms with E-state index in [2.05, 4.69) is 0 Å². The molecule has 0 radical (unpaired) electrons. The first-order chi connectivity index (χ1) is 15.8. The van der Waals surface area contributed by atoms with Gasteiger partial charge in [0.2, 0.25) is 5.78 Å². The van der Waals surface area contributed by atoms with Crippen molar-refractivity contribution in [1.82, 2.24) is 0 Å². The number of carbonyl (C=O) groups excluding carboxylic acids is 4. The van der Waals surface area contributed by atoms with Crippen molar-refractivity contribution in [3.8, 4) is 0 Å². The van der Waals surface area contributed by atoms with Gasteiger partial charge >= 0.3 is 11.9 Å². The monoisotopic (exact) mass is 476 g/mol. The number of hydrogen-bond acceptors (Lipinski definition) is 7. The van der Waals surface area contributed by atoms with Crippen molar-refractivity contribution in [2.45, 2.75) is 71.8 Å². The van der Waals surface area contributed by atoms with Gasteiger partial charge in [-0.2, -0.15) is 0 Å². The summed E-state index contributed by atoms with van der Waals surface area (Å²) in [6, 6.07) is 0. The normalized spacial score (nSPS) is 44.9. The first kappa shape index (κ1) is 24.8. The van der Waals surface area contributed by atoms with E-state index in [0.29, 0.717) is 12.0 Å². The number of carbonyl (C=O) groups is 4. The lowest BCUT2D eigenvalue weighted by Gasteiger charge is -2.60. The molecule has 34 heavy (non-hydrogen) atoms. The highest BCUT2D eigenvalue weighted by molar-refractivity contribution is 6.01. The van der Waals surface area contributed by atoms with E-state index in [1.165, 1.54) is 26.0 Å². The van der Waals surface area contributed by atoms with Gasteiger partial charge in [-0.1, -0.05) is 26.8 Å². The second-order valence-electron chi connectivity index (χ2n) is 11.0. The zero-order chi connectivity index (χ0) is 25.2. The van der Waals surface area contributed by atoms with Crippen LogP contribution in [0.25, 0.3) is 0 Å². The molecule has 3 fully saturated rings. The Morgan fingerprint density at radius 1 is 1.18 bits per heavy atom. The summed E-state index contributed by atoms with van der Waals surface area (Å²) in [6.07, 6.45) is 2.98. The summed E-state index contributed by atoms with van der Waals surface area (Å²) >= 11 is 0. The standard InChI is InChI=1S/C26H33FO7/c1-13-8-18-17-10-20(27)19-9-16(30)6-7-24(19,4)23(17)21(31)11-25(18,5)26(13,34-15(3)29)22(32)12-33-14(2)28/h6-7,9,13,17-18,20-21,23,31H,8,10-12H2,1-5H3/t13-,17-,18-,20-,21?,23+,24-,25-,26-/m0/s1. The van der Waals surface area contributed by atoms with Crippen LogP contribution in [0.4, 0.5) is 4.39 Å². The Morgan fingerprint density at radius 2 is 1.85 bits per heavy atom. The number of alkyl halides is 1. The van der Waals surface area contributed by atoms with E-state index < -0.39 is 59.0 Å². The maximum absolute atomic E-state index is 15.5. The lowest BCUT2D eigenvalue weighted by Crippen LogP contribution is -2.64. The number of ketones is 2. The summed E-state index contributed by atoms with van der Waals surface area (Å²) < 4.78 is 26.4. The Balaban J connectivity index is 1.80. The molecule has 7 nitrogen and oxygen atoms in total. The third-order valence-corrected chi connectivity index (χ3v) is 9.14. The third kappa shape index (κ3) is 3.32. The molecule has 4 aliphatic rings. The number of aliphatic hydroxyl groups excluding tert-OH is 1. The summed E-state index contributed by atoms with van der Waals surface area (Å²) in [5.41, 5.74) is -3.02. The van der Waals surface area contributed by atoms with Gasteiger partial charge in [-0.15, -0.1) is 0 Å². The number of ether oxygens (including phenoxy) is 2.